The Kier molecular flexibility index (Phi) is 11.3. The van der Waals surface area contributed by atoms with Crippen LogP contribution < -0.4 is 15.4 Å². The molecule has 0 bridgehead atoms. The lowest BCUT2D eigenvalue weighted by atomic mass is 9.74. The van der Waals surface area contributed by atoms with Gasteiger partial charge in [-0.2, -0.15) is 4.31 Å². The summed E-state index contributed by atoms with van der Waals surface area (Å²) in [6, 6.07) is 13.2. The Hall–Kier alpha value is -3.09. The van der Waals surface area contributed by atoms with Gasteiger partial charge in [0.15, 0.2) is 0 Å². The molecule has 4 atom stereocenters. The molecule has 46 heavy (non-hydrogen) atoms. The Morgan fingerprint density at radius 3 is 2.50 bits per heavy atom. The third kappa shape index (κ3) is 7.71. The highest BCUT2D eigenvalue weighted by Crippen LogP contribution is 2.39. The van der Waals surface area contributed by atoms with Gasteiger partial charge >= 0.3 is 0 Å². The van der Waals surface area contributed by atoms with E-state index >= 15 is 4.39 Å². The standard InChI is InChI=1S/C34H42ClFN4O5S/c1-22-18-37-19-27(40(22)46(42,43)29-11-9-28(44-3)10-12-29)8-13-30-31(36)20-38-21-32(30)39-34(41)23(2)33(25-14-16-45-17-15-25)24-4-6-26(35)7-5-24/h4-7,9-12,20-23,25,27,33,37H,8,13-19H2,1-3H3,(H,39,41)/t22-,23-,27-,33?/m0/s1. The van der Waals surface area contributed by atoms with Gasteiger partial charge in [-0.25, -0.2) is 12.8 Å². The van der Waals surface area contributed by atoms with Crippen molar-refractivity contribution in [3.05, 3.63) is 82.9 Å². The monoisotopic (exact) mass is 672 g/mol. The van der Waals surface area contributed by atoms with Crippen LogP contribution >= 0.6 is 11.6 Å². The van der Waals surface area contributed by atoms with Gasteiger partial charge in [-0.05, 0) is 86.4 Å². The highest BCUT2D eigenvalue weighted by Gasteiger charge is 2.38. The van der Waals surface area contributed by atoms with Crippen molar-refractivity contribution in [3.63, 3.8) is 0 Å². The molecule has 1 amide bonds. The smallest absolute Gasteiger partial charge is 0.243 e. The Labute approximate surface area is 275 Å². The number of amides is 1. The van der Waals surface area contributed by atoms with Crippen molar-refractivity contribution >= 4 is 33.2 Å². The average Bonchev–Trinajstić information content (AvgIpc) is 3.06. The minimum atomic E-state index is -3.84. The summed E-state index contributed by atoms with van der Waals surface area (Å²) in [5, 5.41) is 6.91. The highest BCUT2D eigenvalue weighted by atomic mass is 35.5. The number of hydrogen-bond acceptors (Lipinski definition) is 7. The van der Waals surface area contributed by atoms with Crippen molar-refractivity contribution < 1.29 is 27.1 Å². The topological polar surface area (TPSA) is 110 Å². The summed E-state index contributed by atoms with van der Waals surface area (Å²) in [7, 11) is -2.32. The Morgan fingerprint density at radius 2 is 1.83 bits per heavy atom. The van der Waals surface area contributed by atoms with E-state index < -0.39 is 27.8 Å². The number of ether oxygens (including phenoxy) is 2. The summed E-state index contributed by atoms with van der Waals surface area (Å²) in [5.41, 5.74) is 1.61. The molecule has 2 aromatic carbocycles. The SMILES string of the molecule is COc1ccc(S(=O)(=O)N2[C@@H](CCc3c(F)cncc3NC(=O)[C@@H](C)C(c3ccc(Cl)cc3)C3CCOCC3)CNC[C@@H]2C)cc1. The number of benzene rings is 2. The second kappa shape index (κ2) is 15.2. The fraction of sp³-hybridized carbons (Fsp3) is 0.471. The van der Waals surface area contributed by atoms with Crippen LogP contribution in [0.25, 0.3) is 0 Å². The van der Waals surface area contributed by atoms with Crippen LogP contribution in [0.4, 0.5) is 10.1 Å². The van der Waals surface area contributed by atoms with Gasteiger partial charge < -0.3 is 20.1 Å². The highest BCUT2D eigenvalue weighted by molar-refractivity contribution is 7.89. The maximum Gasteiger partial charge on any atom is 0.243 e. The number of nitrogens with one attached hydrogen (secondary N) is 2. The van der Waals surface area contributed by atoms with Crippen molar-refractivity contribution in [1.82, 2.24) is 14.6 Å². The zero-order chi connectivity index (χ0) is 32.8. The number of nitrogens with zero attached hydrogens (tertiary/aromatic N) is 2. The normalized spacial score (nSPS) is 21.0. The molecule has 0 radical (unpaired) electrons. The van der Waals surface area contributed by atoms with E-state index in [1.54, 1.807) is 12.1 Å². The van der Waals surface area contributed by atoms with Crippen molar-refractivity contribution in [2.24, 2.45) is 11.8 Å². The van der Waals surface area contributed by atoms with Gasteiger partial charge in [0, 0.05) is 54.9 Å². The van der Waals surface area contributed by atoms with E-state index in [1.807, 2.05) is 38.1 Å². The van der Waals surface area contributed by atoms with Crippen LogP contribution in [0.5, 0.6) is 5.75 Å². The van der Waals surface area contributed by atoms with E-state index in [4.69, 9.17) is 21.1 Å². The van der Waals surface area contributed by atoms with Crippen LogP contribution in [0.3, 0.4) is 0 Å². The first-order valence-corrected chi connectivity index (χ1v) is 17.6. The summed E-state index contributed by atoms with van der Waals surface area (Å²) in [6.07, 6.45) is 4.79. The predicted molar refractivity (Wildman–Crippen MR) is 176 cm³/mol. The third-order valence-electron chi connectivity index (χ3n) is 9.22. The van der Waals surface area contributed by atoms with Gasteiger partial charge in [-0.1, -0.05) is 30.7 Å². The second-order valence-corrected chi connectivity index (χ2v) is 14.4. The number of hydrogen-bond donors (Lipinski definition) is 2. The molecule has 2 fully saturated rings. The molecule has 1 aromatic heterocycles. The lowest BCUT2D eigenvalue weighted by Crippen LogP contribution is -2.58. The van der Waals surface area contributed by atoms with E-state index in [9.17, 15) is 13.2 Å². The van der Waals surface area contributed by atoms with Crippen molar-refractivity contribution in [2.75, 3.05) is 38.7 Å². The van der Waals surface area contributed by atoms with E-state index in [0.29, 0.717) is 54.7 Å². The molecule has 0 saturated carbocycles. The Bertz CT molecular complexity index is 1590. The number of methoxy groups -OCH3 is 1. The number of aromatic nitrogens is 1. The van der Waals surface area contributed by atoms with Gasteiger partial charge in [0.2, 0.25) is 15.9 Å². The van der Waals surface area contributed by atoms with Crippen LogP contribution in [-0.4, -0.2) is 69.1 Å². The second-order valence-electron chi connectivity index (χ2n) is 12.2. The number of pyridine rings is 1. The molecule has 3 heterocycles. The maximum atomic E-state index is 15.4. The van der Waals surface area contributed by atoms with Crippen molar-refractivity contribution in [1.29, 1.82) is 0 Å². The van der Waals surface area contributed by atoms with E-state index in [1.165, 1.54) is 29.7 Å². The number of rotatable bonds is 11. The quantitative estimate of drug-likeness (QED) is 0.271. The van der Waals surface area contributed by atoms with Gasteiger partial charge in [0.05, 0.1) is 30.1 Å². The molecule has 1 unspecified atom stereocenters. The molecular weight excluding hydrogens is 631 g/mol. The molecule has 2 saturated heterocycles. The summed E-state index contributed by atoms with van der Waals surface area (Å²) < 4.78 is 55.3. The maximum absolute atomic E-state index is 15.4. The van der Waals surface area contributed by atoms with Gasteiger partial charge in [0.25, 0.3) is 0 Å². The zero-order valence-electron chi connectivity index (χ0n) is 26.4. The molecule has 0 spiro atoms. The average molecular weight is 673 g/mol. The molecule has 0 aliphatic carbocycles. The van der Waals surface area contributed by atoms with Gasteiger partial charge in [-0.15, -0.1) is 0 Å². The van der Waals surface area contributed by atoms with Crippen molar-refractivity contribution in [3.8, 4) is 5.75 Å². The summed E-state index contributed by atoms with van der Waals surface area (Å²) >= 11 is 6.17. The molecule has 9 nitrogen and oxygen atoms in total. The minimum Gasteiger partial charge on any atom is -0.497 e. The summed E-state index contributed by atoms with van der Waals surface area (Å²) in [4.78, 5) is 18.0. The zero-order valence-corrected chi connectivity index (χ0v) is 28.0. The van der Waals surface area contributed by atoms with E-state index in [0.717, 1.165) is 24.6 Å². The fourth-order valence-electron chi connectivity index (χ4n) is 6.80. The third-order valence-corrected chi connectivity index (χ3v) is 11.6. The lowest BCUT2D eigenvalue weighted by molar-refractivity contribution is -0.120. The van der Waals surface area contributed by atoms with E-state index in [-0.39, 0.29) is 35.1 Å². The molecule has 2 aliphatic rings. The number of carbonyl (C=O) groups is 1. The Balaban J connectivity index is 1.35. The molecule has 5 rings (SSSR count). The predicted octanol–water partition coefficient (Wildman–Crippen LogP) is 5.65. The Morgan fingerprint density at radius 1 is 1.13 bits per heavy atom. The van der Waals surface area contributed by atoms with E-state index in [2.05, 4.69) is 15.6 Å². The summed E-state index contributed by atoms with van der Waals surface area (Å²) in [5.74, 6) is -0.512. The number of piperazine rings is 1. The first-order chi connectivity index (χ1) is 22.1. The van der Waals surface area contributed by atoms with Crippen molar-refractivity contribution in [2.45, 2.75) is 62.4 Å². The molecule has 3 aromatic rings. The first-order valence-electron chi connectivity index (χ1n) is 15.7. The number of halogens is 2. The minimum absolute atomic E-state index is 0.0855. The molecule has 2 N–H and O–H groups in total. The summed E-state index contributed by atoms with van der Waals surface area (Å²) in [6.45, 7) is 5.95. The van der Waals surface area contributed by atoms with Crippen LogP contribution in [0, 0.1) is 17.7 Å². The van der Waals surface area contributed by atoms with Crippen LogP contribution in [0.1, 0.15) is 50.2 Å². The van der Waals surface area contributed by atoms with Crippen LogP contribution in [0.2, 0.25) is 5.02 Å². The molecule has 12 heteroatoms. The van der Waals surface area contributed by atoms with Gasteiger partial charge in [0.1, 0.15) is 11.6 Å². The van der Waals surface area contributed by atoms with Crippen LogP contribution in [0.15, 0.2) is 65.8 Å². The van der Waals surface area contributed by atoms with Gasteiger partial charge in [-0.3, -0.25) is 9.78 Å². The number of anilines is 1. The number of sulfonamides is 1. The largest absolute Gasteiger partial charge is 0.497 e. The van der Waals surface area contributed by atoms with Crippen LogP contribution in [-0.2, 0) is 26.0 Å². The molecule has 2 aliphatic heterocycles. The molecular formula is C34H42ClFN4O5S. The first kappa shape index (κ1) is 34.3. The number of carbonyl (C=O) groups excluding carboxylic acids is 1. The lowest BCUT2D eigenvalue weighted by Gasteiger charge is -2.40. The molecule has 248 valence electrons. The fourth-order valence-corrected chi connectivity index (χ4v) is 8.77.